The molecule has 4 aromatic rings. The second-order valence-electron chi connectivity index (χ2n) is 8.46. The number of piperazine rings is 1. The Kier molecular flexibility index (Phi) is 8.61. The van der Waals surface area contributed by atoms with Crippen LogP contribution in [0.1, 0.15) is 6.92 Å². The quantitative estimate of drug-likeness (QED) is 0.312. The van der Waals surface area contributed by atoms with Gasteiger partial charge in [0.1, 0.15) is 17.6 Å². The normalized spacial score (nSPS) is 14.2. The van der Waals surface area contributed by atoms with E-state index in [1.54, 1.807) is 6.20 Å². The SMILES string of the molecule is CCn1c(-c2nonc2N)nc2c(-c3ccccc3)ncc(OCCN3CCNCC3)c21.O=C(O)C(F)(F)F. The highest BCUT2D eigenvalue weighted by molar-refractivity contribution is 5.95. The summed E-state index contributed by atoms with van der Waals surface area (Å²) in [6.07, 6.45) is -3.30. The molecule has 1 aliphatic heterocycles. The first-order valence-corrected chi connectivity index (χ1v) is 12.1. The van der Waals surface area contributed by atoms with Gasteiger partial charge in [-0.3, -0.25) is 4.90 Å². The van der Waals surface area contributed by atoms with Gasteiger partial charge in [0.15, 0.2) is 23.1 Å². The lowest BCUT2D eigenvalue weighted by atomic mass is 10.1. The molecule has 208 valence electrons. The Morgan fingerprint density at radius 3 is 2.46 bits per heavy atom. The van der Waals surface area contributed by atoms with E-state index in [2.05, 4.69) is 20.5 Å². The van der Waals surface area contributed by atoms with Crippen LogP contribution < -0.4 is 15.8 Å². The third-order valence-corrected chi connectivity index (χ3v) is 5.94. The summed E-state index contributed by atoms with van der Waals surface area (Å²) in [4.78, 5) is 20.9. The summed E-state index contributed by atoms with van der Waals surface area (Å²) in [5, 5.41) is 18.2. The number of pyridine rings is 1. The summed E-state index contributed by atoms with van der Waals surface area (Å²) >= 11 is 0. The summed E-state index contributed by atoms with van der Waals surface area (Å²) in [6, 6.07) is 9.98. The minimum absolute atomic E-state index is 0.199. The Bertz CT molecular complexity index is 1400. The average molecular weight is 549 g/mol. The van der Waals surface area contributed by atoms with Gasteiger partial charge in [0.2, 0.25) is 0 Å². The van der Waals surface area contributed by atoms with Gasteiger partial charge in [0, 0.05) is 44.8 Å². The van der Waals surface area contributed by atoms with Crippen LogP contribution in [0.5, 0.6) is 5.75 Å². The number of aliphatic carboxylic acids is 1. The molecule has 0 radical (unpaired) electrons. The Balaban J connectivity index is 0.000000448. The fourth-order valence-electron chi connectivity index (χ4n) is 4.08. The topological polar surface area (TPSA) is 157 Å². The number of carboxylic acids is 1. The van der Waals surface area contributed by atoms with Gasteiger partial charge >= 0.3 is 12.1 Å². The number of ether oxygens (including phenoxy) is 1. The number of halogens is 3. The molecule has 1 saturated heterocycles. The minimum atomic E-state index is -5.08. The zero-order valence-corrected chi connectivity index (χ0v) is 21.0. The first-order valence-electron chi connectivity index (χ1n) is 12.1. The molecule has 12 nitrogen and oxygen atoms in total. The molecule has 0 aliphatic carbocycles. The molecule has 0 atom stereocenters. The molecule has 4 heterocycles. The number of anilines is 1. The van der Waals surface area contributed by atoms with Gasteiger partial charge in [-0.2, -0.15) is 13.2 Å². The summed E-state index contributed by atoms with van der Waals surface area (Å²) in [7, 11) is 0. The number of nitrogens with zero attached hydrogens (tertiary/aromatic N) is 6. The number of rotatable bonds is 7. The lowest BCUT2D eigenvalue weighted by molar-refractivity contribution is -0.192. The maximum Gasteiger partial charge on any atom is 0.490 e. The highest BCUT2D eigenvalue weighted by Gasteiger charge is 2.38. The molecular weight excluding hydrogens is 521 g/mol. The van der Waals surface area contributed by atoms with Crippen LogP contribution in [0.15, 0.2) is 41.2 Å². The third-order valence-electron chi connectivity index (χ3n) is 5.94. The van der Waals surface area contributed by atoms with Crippen molar-refractivity contribution >= 4 is 22.8 Å². The maximum atomic E-state index is 10.6. The van der Waals surface area contributed by atoms with E-state index in [0.29, 0.717) is 30.4 Å². The molecule has 0 amide bonds. The Morgan fingerprint density at radius 2 is 1.87 bits per heavy atom. The number of nitrogens with two attached hydrogens (primary N) is 1. The van der Waals surface area contributed by atoms with Crippen molar-refractivity contribution in [1.82, 2.24) is 35.1 Å². The minimum Gasteiger partial charge on any atom is -0.488 e. The van der Waals surface area contributed by atoms with Crippen LogP contribution in [0.4, 0.5) is 19.0 Å². The number of fused-ring (bicyclic) bond motifs is 1. The lowest BCUT2D eigenvalue weighted by Gasteiger charge is -2.27. The highest BCUT2D eigenvalue weighted by atomic mass is 19.4. The molecule has 15 heteroatoms. The molecule has 0 spiro atoms. The van der Waals surface area contributed by atoms with Gasteiger partial charge in [-0.15, -0.1) is 0 Å². The van der Waals surface area contributed by atoms with Gasteiger partial charge in [-0.1, -0.05) is 30.3 Å². The second kappa shape index (κ2) is 12.1. The Labute approximate surface area is 220 Å². The van der Waals surface area contributed by atoms with E-state index >= 15 is 0 Å². The van der Waals surface area contributed by atoms with Crippen molar-refractivity contribution in [3.63, 3.8) is 0 Å². The Hall–Kier alpha value is -4.24. The van der Waals surface area contributed by atoms with Crippen molar-refractivity contribution < 1.29 is 32.4 Å². The first-order chi connectivity index (χ1) is 18.7. The molecule has 1 aromatic carbocycles. The molecule has 0 unspecified atom stereocenters. The van der Waals surface area contributed by atoms with Gasteiger partial charge in [-0.25, -0.2) is 19.4 Å². The Morgan fingerprint density at radius 1 is 1.18 bits per heavy atom. The van der Waals surface area contributed by atoms with E-state index in [1.165, 1.54) is 0 Å². The molecule has 0 bridgehead atoms. The van der Waals surface area contributed by atoms with Crippen molar-refractivity contribution in [1.29, 1.82) is 0 Å². The standard InChI is InChI=1S/C22H26N8O2.C2HF3O2/c1-2-30-20-16(31-13-12-29-10-8-24-9-11-29)14-25-17(15-6-4-3-5-7-15)18(20)26-22(30)19-21(23)28-32-27-19;3-2(4,5)1(6)7/h3-7,14,24H,2,8-13H2,1H3,(H2,23,28);(H,6,7). The van der Waals surface area contributed by atoms with Crippen LogP contribution >= 0.6 is 0 Å². The van der Waals surface area contributed by atoms with E-state index in [4.69, 9.17) is 35.0 Å². The largest absolute Gasteiger partial charge is 0.490 e. The van der Waals surface area contributed by atoms with Crippen LogP contribution in [0, 0.1) is 0 Å². The number of imidazole rings is 1. The van der Waals surface area contributed by atoms with Crippen molar-refractivity contribution in [3.05, 3.63) is 36.5 Å². The number of carboxylic acid groups (broad SMARTS) is 1. The fourth-order valence-corrected chi connectivity index (χ4v) is 4.08. The van der Waals surface area contributed by atoms with E-state index in [1.807, 2.05) is 41.8 Å². The summed E-state index contributed by atoms with van der Waals surface area (Å²) in [5.41, 5.74) is 9.74. The molecule has 0 saturated carbocycles. The fraction of sp³-hybridized carbons (Fsp3) is 0.375. The van der Waals surface area contributed by atoms with E-state index in [-0.39, 0.29) is 5.82 Å². The van der Waals surface area contributed by atoms with Gasteiger partial charge in [-0.05, 0) is 17.2 Å². The van der Waals surface area contributed by atoms with Crippen molar-refractivity contribution in [2.24, 2.45) is 0 Å². The van der Waals surface area contributed by atoms with Crippen LogP contribution in [0.2, 0.25) is 0 Å². The lowest BCUT2D eigenvalue weighted by Crippen LogP contribution is -2.44. The predicted molar refractivity (Wildman–Crippen MR) is 135 cm³/mol. The van der Waals surface area contributed by atoms with Crippen LogP contribution in [0.3, 0.4) is 0 Å². The zero-order chi connectivity index (χ0) is 28.0. The second-order valence-corrected chi connectivity index (χ2v) is 8.46. The average Bonchev–Trinajstić information content (AvgIpc) is 3.53. The van der Waals surface area contributed by atoms with Gasteiger partial charge < -0.3 is 25.5 Å². The number of nitrogen functional groups attached to an aromatic ring is 1. The number of alkyl halides is 3. The van der Waals surface area contributed by atoms with Gasteiger partial charge in [0.25, 0.3) is 0 Å². The monoisotopic (exact) mass is 548 g/mol. The first kappa shape index (κ1) is 27.8. The number of aromatic nitrogens is 5. The van der Waals surface area contributed by atoms with Crippen molar-refractivity contribution in [3.8, 4) is 28.5 Å². The molecule has 3 aromatic heterocycles. The maximum absolute atomic E-state index is 10.6. The zero-order valence-electron chi connectivity index (χ0n) is 21.0. The van der Waals surface area contributed by atoms with Crippen molar-refractivity contribution in [2.45, 2.75) is 19.6 Å². The summed E-state index contributed by atoms with van der Waals surface area (Å²) < 4.78 is 44.8. The number of hydrogen-bond acceptors (Lipinski definition) is 10. The summed E-state index contributed by atoms with van der Waals surface area (Å²) in [5.74, 6) is -1.29. The van der Waals surface area contributed by atoms with Crippen LogP contribution in [0.25, 0.3) is 33.8 Å². The molecule has 5 rings (SSSR count). The van der Waals surface area contributed by atoms with Crippen LogP contribution in [-0.4, -0.2) is 86.3 Å². The molecule has 1 fully saturated rings. The molecule has 39 heavy (non-hydrogen) atoms. The number of hydrogen-bond donors (Lipinski definition) is 3. The van der Waals surface area contributed by atoms with Crippen molar-refractivity contribution in [2.75, 3.05) is 45.1 Å². The summed E-state index contributed by atoms with van der Waals surface area (Å²) in [6.45, 7) is 8.19. The number of aryl methyl sites for hydroxylation is 1. The third kappa shape index (κ3) is 6.43. The van der Waals surface area contributed by atoms with E-state index in [9.17, 15) is 13.2 Å². The number of carbonyl (C=O) groups is 1. The predicted octanol–water partition coefficient (Wildman–Crippen LogP) is 2.67. The molecule has 4 N–H and O–H groups in total. The highest BCUT2D eigenvalue weighted by Crippen LogP contribution is 2.36. The molecule has 1 aliphatic rings. The van der Waals surface area contributed by atoms with E-state index < -0.39 is 12.1 Å². The van der Waals surface area contributed by atoms with Gasteiger partial charge in [0.05, 0.1) is 11.9 Å². The van der Waals surface area contributed by atoms with E-state index in [0.717, 1.165) is 55.0 Å². The smallest absolute Gasteiger partial charge is 0.488 e. The number of benzene rings is 1. The number of nitrogens with one attached hydrogen (secondary N) is 1. The van der Waals surface area contributed by atoms with Crippen LogP contribution in [-0.2, 0) is 11.3 Å². The molecular formula is C24H27F3N8O4.